The van der Waals surface area contributed by atoms with Crippen molar-refractivity contribution >= 4 is 50.1 Å². The van der Waals surface area contributed by atoms with Crippen molar-refractivity contribution in [1.82, 2.24) is 9.78 Å². The standard InChI is InChI=1S/C13H14BrClIN3O/c1-20-5-4-19-13(9(14)7-18-19)12(17)8-2-3-11(16)10(15)6-8/h2-3,6-7,12H,4-5,17H2,1H3. The largest absolute Gasteiger partial charge is 0.383 e. The lowest BCUT2D eigenvalue weighted by molar-refractivity contribution is 0.182. The fourth-order valence-corrected chi connectivity index (χ4v) is 2.97. The molecular weight excluding hydrogens is 456 g/mol. The number of hydrogen-bond acceptors (Lipinski definition) is 3. The molecule has 2 N–H and O–H groups in total. The summed E-state index contributed by atoms with van der Waals surface area (Å²) < 4.78 is 8.83. The number of ether oxygens (including phenoxy) is 1. The van der Waals surface area contributed by atoms with Gasteiger partial charge in [0.25, 0.3) is 0 Å². The van der Waals surface area contributed by atoms with Crippen molar-refractivity contribution in [2.45, 2.75) is 12.6 Å². The van der Waals surface area contributed by atoms with Gasteiger partial charge in [-0.25, -0.2) is 0 Å². The molecule has 0 aliphatic carbocycles. The quantitative estimate of drug-likeness (QED) is 0.680. The average molecular weight is 471 g/mol. The highest BCUT2D eigenvalue weighted by atomic mass is 127. The van der Waals surface area contributed by atoms with E-state index in [-0.39, 0.29) is 6.04 Å². The molecule has 1 aromatic carbocycles. The molecule has 7 heteroatoms. The fraction of sp³-hybridized carbons (Fsp3) is 0.308. The molecule has 2 aromatic rings. The molecule has 2 rings (SSSR count). The lowest BCUT2D eigenvalue weighted by Gasteiger charge is -2.16. The Balaban J connectivity index is 2.34. The van der Waals surface area contributed by atoms with E-state index < -0.39 is 0 Å². The summed E-state index contributed by atoms with van der Waals surface area (Å²) in [5, 5.41) is 5.02. The molecule has 1 unspecified atom stereocenters. The summed E-state index contributed by atoms with van der Waals surface area (Å²) in [5.74, 6) is 0. The highest BCUT2D eigenvalue weighted by Gasteiger charge is 2.19. The van der Waals surface area contributed by atoms with Crippen molar-refractivity contribution < 1.29 is 4.74 Å². The van der Waals surface area contributed by atoms with Crippen LogP contribution in [0.1, 0.15) is 17.3 Å². The monoisotopic (exact) mass is 469 g/mol. The average Bonchev–Trinajstić information content (AvgIpc) is 2.80. The second-order valence-electron chi connectivity index (χ2n) is 4.24. The first kappa shape index (κ1) is 16.2. The summed E-state index contributed by atoms with van der Waals surface area (Å²) in [6, 6.07) is 5.55. The Kier molecular flexibility index (Phi) is 5.85. The van der Waals surface area contributed by atoms with Crippen LogP contribution >= 0.6 is 50.1 Å². The Hall–Kier alpha value is -0.150. The van der Waals surface area contributed by atoms with Gasteiger partial charge in [0.05, 0.1) is 40.6 Å². The molecule has 0 aliphatic heterocycles. The molecule has 0 fully saturated rings. The molecule has 1 aromatic heterocycles. The van der Waals surface area contributed by atoms with Crippen molar-refractivity contribution in [2.75, 3.05) is 13.7 Å². The van der Waals surface area contributed by atoms with E-state index in [1.54, 1.807) is 13.3 Å². The Labute approximate surface area is 144 Å². The van der Waals surface area contributed by atoms with Crippen LogP contribution in [0, 0.1) is 3.57 Å². The summed E-state index contributed by atoms with van der Waals surface area (Å²) >= 11 is 11.9. The molecule has 0 bridgehead atoms. The summed E-state index contributed by atoms with van der Waals surface area (Å²) in [7, 11) is 1.66. The maximum absolute atomic E-state index is 6.36. The van der Waals surface area contributed by atoms with Crippen molar-refractivity contribution in [3.8, 4) is 0 Å². The summed E-state index contributed by atoms with van der Waals surface area (Å²) in [6.45, 7) is 1.24. The van der Waals surface area contributed by atoms with Crippen LogP contribution in [0.2, 0.25) is 5.02 Å². The third kappa shape index (κ3) is 3.54. The van der Waals surface area contributed by atoms with Crippen molar-refractivity contribution in [2.24, 2.45) is 5.73 Å². The van der Waals surface area contributed by atoms with Gasteiger partial charge in [0.2, 0.25) is 0 Å². The van der Waals surface area contributed by atoms with Crippen molar-refractivity contribution in [1.29, 1.82) is 0 Å². The van der Waals surface area contributed by atoms with E-state index in [1.165, 1.54) is 0 Å². The molecule has 1 heterocycles. The second-order valence-corrected chi connectivity index (χ2v) is 6.67. The van der Waals surface area contributed by atoms with Gasteiger partial charge in [-0.1, -0.05) is 17.7 Å². The predicted octanol–water partition coefficient (Wildman–Crippen LogP) is 3.60. The molecule has 20 heavy (non-hydrogen) atoms. The van der Waals surface area contributed by atoms with Crippen LogP contribution in [0.4, 0.5) is 0 Å². The van der Waals surface area contributed by atoms with E-state index in [9.17, 15) is 0 Å². The third-order valence-corrected chi connectivity index (χ3v) is 5.12. The first-order valence-corrected chi connectivity index (χ1v) is 8.20. The van der Waals surface area contributed by atoms with Crippen molar-refractivity contribution in [3.63, 3.8) is 0 Å². The third-order valence-electron chi connectivity index (χ3n) is 2.94. The Morgan fingerprint density at radius 2 is 2.30 bits per heavy atom. The van der Waals surface area contributed by atoms with Crippen LogP contribution < -0.4 is 5.73 Å². The Morgan fingerprint density at radius 1 is 1.55 bits per heavy atom. The first-order valence-electron chi connectivity index (χ1n) is 5.95. The maximum atomic E-state index is 6.36. The number of benzene rings is 1. The maximum Gasteiger partial charge on any atom is 0.0739 e. The lowest BCUT2D eigenvalue weighted by Crippen LogP contribution is -2.19. The molecule has 0 saturated carbocycles. The molecule has 0 aliphatic rings. The van der Waals surface area contributed by atoms with Gasteiger partial charge in [0.1, 0.15) is 0 Å². The van der Waals surface area contributed by atoms with Crippen LogP contribution in [-0.4, -0.2) is 23.5 Å². The van der Waals surface area contributed by atoms with E-state index in [0.717, 1.165) is 19.3 Å². The van der Waals surface area contributed by atoms with Crippen LogP contribution in [0.3, 0.4) is 0 Å². The molecule has 0 spiro atoms. The van der Waals surface area contributed by atoms with Crippen molar-refractivity contribution in [3.05, 3.63) is 48.7 Å². The van der Waals surface area contributed by atoms with Gasteiger partial charge < -0.3 is 10.5 Å². The van der Waals surface area contributed by atoms with Gasteiger partial charge in [-0.3, -0.25) is 4.68 Å². The second kappa shape index (κ2) is 7.22. The number of hydrogen-bond donors (Lipinski definition) is 1. The van der Waals surface area contributed by atoms with Gasteiger partial charge in [-0.2, -0.15) is 5.10 Å². The molecule has 4 nitrogen and oxygen atoms in total. The highest BCUT2D eigenvalue weighted by molar-refractivity contribution is 14.1. The van der Waals surface area contributed by atoms with Gasteiger partial charge in [-0.05, 0) is 56.2 Å². The number of rotatable bonds is 5. The smallest absolute Gasteiger partial charge is 0.0739 e. The van der Waals surface area contributed by atoms with Crippen LogP contribution in [-0.2, 0) is 11.3 Å². The molecule has 0 amide bonds. The number of halogens is 3. The van der Waals surface area contributed by atoms with E-state index in [2.05, 4.69) is 43.6 Å². The van der Waals surface area contributed by atoms with Crippen LogP contribution in [0.25, 0.3) is 0 Å². The zero-order chi connectivity index (χ0) is 14.7. The number of nitrogens with two attached hydrogens (primary N) is 1. The molecule has 0 saturated heterocycles. The predicted molar refractivity (Wildman–Crippen MR) is 92.0 cm³/mol. The van der Waals surface area contributed by atoms with E-state index in [1.807, 2.05) is 22.9 Å². The minimum Gasteiger partial charge on any atom is -0.383 e. The zero-order valence-corrected chi connectivity index (χ0v) is 15.3. The normalized spacial score (nSPS) is 12.7. The minimum atomic E-state index is -0.293. The van der Waals surface area contributed by atoms with E-state index in [0.29, 0.717) is 18.2 Å². The number of aromatic nitrogens is 2. The highest BCUT2D eigenvalue weighted by Crippen LogP contribution is 2.29. The summed E-state index contributed by atoms with van der Waals surface area (Å²) in [5.41, 5.74) is 8.23. The minimum absolute atomic E-state index is 0.293. The zero-order valence-electron chi connectivity index (χ0n) is 10.8. The fourth-order valence-electron chi connectivity index (χ4n) is 1.90. The molecule has 1 atom stereocenters. The SMILES string of the molecule is COCCn1ncc(Br)c1C(N)c1ccc(I)c(Cl)c1. The van der Waals surface area contributed by atoms with Crippen LogP contribution in [0.15, 0.2) is 28.9 Å². The molecular formula is C13H14BrClIN3O. The topological polar surface area (TPSA) is 53.1 Å². The van der Waals surface area contributed by atoms with Gasteiger partial charge >= 0.3 is 0 Å². The van der Waals surface area contributed by atoms with Gasteiger partial charge in [0.15, 0.2) is 0 Å². The molecule has 108 valence electrons. The summed E-state index contributed by atoms with van der Waals surface area (Å²) in [4.78, 5) is 0. The van der Waals surface area contributed by atoms with E-state index in [4.69, 9.17) is 22.1 Å². The summed E-state index contributed by atoms with van der Waals surface area (Å²) in [6.07, 6.45) is 1.75. The van der Waals surface area contributed by atoms with Gasteiger partial charge in [0, 0.05) is 10.7 Å². The number of methoxy groups -OCH3 is 1. The molecule has 0 radical (unpaired) electrons. The number of nitrogens with zero attached hydrogens (tertiary/aromatic N) is 2. The van der Waals surface area contributed by atoms with Crippen LogP contribution in [0.5, 0.6) is 0 Å². The Morgan fingerprint density at radius 3 is 2.95 bits per heavy atom. The first-order chi connectivity index (χ1) is 9.54. The Bertz CT molecular complexity index is 605. The lowest BCUT2D eigenvalue weighted by atomic mass is 10.0. The van der Waals surface area contributed by atoms with E-state index >= 15 is 0 Å². The van der Waals surface area contributed by atoms with Gasteiger partial charge in [-0.15, -0.1) is 0 Å².